The maximum absolute atomic E-state index is 12.1. The Morgan fingerprint density at radius 2 is 1.17 bits per heavy atom. The summed E-state index contributed by atoms with van der Waals surface area (Å²) in [7, 11) is -4.80. The fourth-order valence-electron chi connectivity index (χ4n) is 5.76. The molecule has 2 N–H and O–H groups in total. The number of rotatable bonds is 10. The molecular formula is C37H38N3O6S2+. The Labute approximate surface area is 282 Å². The molecule has 0 unspecified atom stereocenters. The van der Waals surface area contributed by atoms with Gasteiger partial charge in [0.2, 0.25) is 0 Å². The van der Waals surface area contributed by atoms with Crippen LogP contribution in [0.2, 0.25) is 0 Å². The largest absolute Gasteiger partial charge is 0.342 e. The van der Waals surface area contributed by atoms with Crippen LogP contribution in [-0.4, -0.2) is 63.4 Å². The first kappa shape index (κ1) is 34.5. The summed E-state index contributed by atoms with van der Waals surface area (Å²) in [6.07, 6.45) is 8.27. The highest BCUT2D eigenvalue weighted by molar-refractivity contribution is 7.86. The van der Waals surface area contributed by atoms with E-state index in [1.165, 1.54) is 18.2 Å². The summed E-state index contributed by atoms with van der Waals surface area (Å²) >= 11 is 0. The van der Waals surface area contributed by atoms with Gasteiger partial charge < -0.3 is 9.80 Å². The molecule has 0 saturated heterocycles. The average Bonchev–Trinajstić information content (AvgIpc) is 3.07. The van der Waals surface area contributed by atoms with Gasteiger partial charge in [0.1, 0.15) is 19.0 Å². The van der Waals surface area contributed by atoms with E-state index in [-0.39, 0.29) is 9.79 Å². The van der Waals surface area contributed by atoms with E-state index in [0.717, 1.165) is 39.4 Å². The molecule has 4 aromatic carbocycles. The molecule has 0 aliphatic heterocycles. The van der Waals surface area contributed by atoms with Crippen molar-refractivity contribution in [2.45, 2.75) is 23.6 Å². The molecule has 0 radical (unpaired) electrons. The molecule has 0 bridgehead atoms. The van der Waals surface area contributed by atoms with Crippen molar-refractivity contribution in [3.05, 3.63) is 138 Å². The molecule has 9 nitrogen and oxygen atoms in total. The van der Waals surface area contributed by atoms with Crippen molar-refractivity contribution in [1.82, 2.24) is 0 Å². The van der Waals surface area contributed by atoms with Gasteiger partial charge in [-0.3, -0.25) is 9.11 Å². The Hall–Kier alpha value is -4.81. The van der Waals surface area contributed by atoms with Crippen molar-refractivity contribution in [2.75, 3.05) is 37.0 Å². The van der Waals surface area contributed by atoms with E-state index in [1.807, 2.05) is 90.8 Å². The van der Waals surface area contributed by atoms with Crippen molar-refractivity contribution >= 4 is 54.3 Å². The highest BCUT2D eigenvalue weighted by Crippen LogP contribution is 2.36. The Kier molecular flexibility index (Phi) is 10.2. The maximum atomic E-state index is 12.1. The molecule has 0 amide bonds. The van der Waals surface area contributed by atoms with Gasteiger partial charge in [0, 0.05) is 42.3 Å². The molecular weight excluding hydrogens is 647 g/mol. The van der Waals surface area contributed by atoms with Gasteiger partial charge in [-0.15, -0.1) is 0 Å². The minimum absolute atomic E-state index is 0.157. The van der Waals surface area contributed by atoms with E-state index in [1.54, 1.807) is 30.3 Å². The minimum Gasteiger partial charge on any atom is -0.342 e. The van der Waals surface area contributed by atoms with Crippen LogP contribution in [0.3, 0.4) is 0 Å². The lowest BCUT2D eigenvalue weighted by Crippen LogP contribution is -2.19. The molecule has 0 saturated carbocycles. The highest BCUT2D eigenvalue weighted by Gasteiger charge is 2.21. The van der Waals surface area contributed by atoms with Crippen LogP contribution in [0.25, 0.3) is 5.57 Å². The lowest BCUT2D eigenvalue weighted by Gasteiger charge is -2.26. The summed E-state index contributed by atoms with van der Waals surface area (Å²) in [6, 6.07) is 28.4. The first-order valence-corrected chi connectivity index (χ1v) is 18.2. The van der Waals surface area contributed by atoms with Crippen LogP contribution in [-0.2, 0) is 20.2 Å². The fraction of sp³-hybridized carbons (Fsp3) is 0.162. The number of hydrogen-bond donors (Lipinski definition) is 2. The van der Waals surface area contributed by atoms with Crippen LogP contribution < -0.4 is 9.80 Å². The number of anilines is 4. The van der Waals surface area contributed by atoms with Gasteiger partial charge in [-0.25, -0.2) is 4.58 Å². The number of nitrogens with zero attached hydrogens (tertiary/aromatic N) is 3. The SMILES string of the molecule is CCN(c1ccc(C(=C2C=CC(=[N+](C)C)C=C2)c2ccc(N(CC)c3ccccc3S(=O)(=O)O)cc2)cc1)c1cccc(S(=O)(=O)O)c1. The average molecular weight is 685 g/mol. The molecule has 0 fully saturated rings. The molecule has 1 aliphatic carbocycles. The summed E-state index contributed by atoms with van der Waals surface area (Å²) in [5, 5.41) is 0. The van der Waals surface area contributed by atoms with Gasteiger partial charge in [0.05, 0.1) is 10.6 Å². The second kappa shape index (κ2) is 14.1. The van der Waals surface area contributed by atoms with Crippen LogP contribution >= 0.6 is 0 Å². The van der Waals surface area contributed by atoms with E-state index >= 15 is 0 Å². The van der Waals surface area contributed by atoms with Gasteiger partial charge in [0.15, 0.2) is 5.71 Å². The highest BCUT2D eigenvalue weighted by atomic mass is 32.2. The summed E-state index contributed by atoms with van der Waals surface area (Å²) in [5.74, 6) is 0. The summed E-state index contributed by atoms with van der Waals surface area (Å²) in [4.78, 5) is 3.47. The molecule has 0 atom stereocenters. The van der Waals surface area contributed by atoms with Gasteiger partial charge in [-0.05, 0) is 103 Å². The smallest absolute Gasteiger partial charge is 0.296 e. The van der Waals surface area contributed by atoms with E-state index in [2.05, 4.69) is 24.3 Å². The summed E-state index contributed by atoms with van der Waals surface area (Å²) < 4.78 is 69.3. The third-order valence-corrected chi connectivity index (χ3v) is 9.85. The lowest BCUT2D eigenvalue weighted by atomic mass is 9.90. The number of allylic oxidation sites excluding steroid dienone is 5. The zero-order valence-corrected chi connectivity index (χ0v) is 28.8. The van der Waals surface area contributed by atoms with Gasteiger partial charge in [-0.2, -0.15) is 16.8 Å². The fourth-order valence-corrected chi connectivity index (χ4v) is 6.97. The first-order chi connectivity index (χ1) is 22.8. The predicted molar refractivity (Wildman–Crippen MR) is 192 cm³/mol. The normalized spacial score (nSPS) is 13.0. The quantitative estimate of drug-likeness (QED) is 0.134. The van der Waals surface area contributed by atoms with Crippen LogP contribution in [0.4, 0.5) is 22.7 Å². The van der Waals surface area contributed by atoms with Crippen molar-refractivity contribution in [3.8, 4) is 0 Å². The molecule has 48 heavy (non-hydrogen) atoms. The number of benzene rings is 4. The van der Waals surface area contributed by atoms with E-state index in [0.29, 0.717) is 24.5 Å². The minimum atomic E-state index is -4.43. The van der Waals surface area contributed by atoms with E-state index in [9.17, 15) is 25.9 Å². The predicted octanol–water partition coefficient (Wildman–Crippen LogP) is 7.14. The Morgan fingerprint density at radius 3 is 1.67 bits per heavy atom. The number of hydrogen-bond acceptors (Lipinski definition) is 6. The van der Waals surface area contributed by atoms with Crippen LogP contribution in [0.5, 0.6) is 0 Å². The van der Waals surface area contributed by atoms with Crippen molar-refractivity contribution in [1.29, 1.82) is 0 Å². The van der Waals surface area contributed by atoms with E-state index < -0.39 is 20.2 Å². The summed E-state index contributed by atoms with van der Waals surface area (Å²) in [6.45, 7) is 4.91. The molecule has 0 spiro atoms. The molecule has 4 aromatic rings. The maximum Gasteiger partial charge on any atom is 0.296 e. The zero-order chi connectivity index (χ0) is 34.6. The number of para-hydroxylation sites is 1. The monoisotopic (exact) mass is 684 g/mol. The Morgan fingerprint density at radius 1 is 0.625 bits per heavy atom. The van der Waals surface area contributed by atoms with E-state index in [4.69, 9.17) is 0 Å². The van der Waals surface area contributed by atoms with Crippen LogP contribution in [0, 0.1) is 0 Å². The molecule has 1 aliphatic rings. The van der Waals surface area contributed by atoms with Crippen molar-refractivity contribution in [3.63, 3.8) is 0 Å². The second-order valence-electron chi connectivity index (χ2n) is 11.3. The standard InChI is InChI=1S/C37H37N3O6S2/c1-5-39(33-10-9-11-34(26-33)47(41,42)43)31-22-16-28(17-23-31)37(27-14-20-30(21-15-27)38(3)4)29-18-24-32(25-19-29)40(6-2)35-12-7-8-13-36(35)48(44,45)46/h7-26H,5-6H2,1-4H3,(H-,41,42,43,44,45,46)/p+1. The van der Waals surface area contributed by atoms with Crippen molar-refractivity contribution in [2.24, 2.45) is 0 Å². The molecule has 0 heterocycles. The third-order valence-electron chi connectivity index (χ3n) is 8.10. The second-order valence-corrected chi connectivity index (χ2v) is 14.1. The summed E-state index contributed by atoms with van der Waals surface area (Å²) in [5.41, 5.74) is 7.57. The zero-order valence-electron chi connectivity index (χ0n) is 27.1. The Bertz CT molecular complexity index is 2150. The third kappa shape index (κ3) is 7.50. The van der Waals surface area contributed by atoms with Gasteiger partial charge in [0.25, 0.3) is 20.2 Å². The van der Waals surface area contributed by atoms with Crippen molar-refractivity contribution < 1.29 is 30.5 Å². The molecule has 5 rings (SSSR count). The van der Waals surface area contributed by atoms with Gasteiger partial charge >= 0.3 is 0 Å². The Balaban J connectivity index is 1.56. The van der Waals surface area contributed by atoms with Crippen LogP contribution in [0.15, 0.2) is 137 Å². The molecule has 248 valence electrons. The first-order valence-electron chi connectivity index (χ1n) is 15.4. The molecule has 0 aromatic heterocycles. The van der Waals surface area contributed by atoms with Crippen LogP contribution in [0.1, 0.15) is 25.0 Å². The van der Waals surface area contributed by atoms with Gasteiger partial charge in [-0.1, -0.05) is 42.5 Å². The lowest BCUT2D eigenvalue weighted by molar-refractivity contribution is -0.462. The topological polar surface area (TPSA) is 118 Å². The molecule has 11 heteroatoms.